The summed E-state index contributed by atoms with van der Waals surface area (Å²) < 4.78 is 28.5. The minimum atomic E-state index is -3.51. The summed E-state index contributed by atoms with van der Waals surface area (Å²) >= 11 is 5.95. The van der Waals surface area contributed by atoms with E-state index < -0.39 is 26.8 Å². The highest BCUT2D eigenvalue weighted by molar-refractivity contribution is 7.90. The van der Waals surface area contributed by atoms with Gasteiger partial charge in [0.05, 0.1) is 20.4 Å². The standard InChI is InChI=1S/C16H14ClNO6S/c1-10(11-4-3-5-12(8-11)18(20)21)24-16(19)14-9-13(25(2,22)23)6-7-15(14)17/h3-10H,1-2H3/t10-/m0/s1. The van der Waals surface area contributed by atoms with Crippen molar-refractivity contribution >= 4 is 33.1 Å². The molecule has 0 N–H and O–H groups in total. The van der Waals surface area contributed by atoms with Gasteiger partial charge in [-0.25, -0.2) is 13.2 Å². The molecule has 0 heterocycles. The van der Waals surface area contributed by atoms with Gasteiger partial charge in [-0.2, -0.15) is 0 Å². The lowest BCUT2D eigenvalue weighted by atomic mass is 10.1. The van der Waals surface area contributed by atoms with Gasteiger partial charge in [0.2, 0.25) is 0 Å². The number of ether oxygens (including phenoxy) is 1. The number of nitro groups is 1. The molecule has 0 aliphatic heterocycles. The quantitative estimate of drug-likeness (QED) is 0.444. The Bertz CT molecular complexity index is 941. The summed E-state index contributed by atoms with van der Waals surface area (Å²) in [5.41, 5.74) is 0.206. The number of nitro benzene ring substituents is 1. The molecule has 1 atom stereocenters. The lowest BCUT2D eigenvalue weighted by molar-refractivity contribution is -0.385. The van der Waals surface area contributed by atoms with Crippen LogP contribution in [0.3, 0.4) is 0 Å². The molecule has 0 saturated carbocycles. The lowest BCUT2D eigenvalue weighted by Crippen LogP contribution is -2.11. The topological polar surface area (TPSA) is 104 Å². The molecule has 0 saturated heterocycles. The van der Waals surface area contributed by atoms with Gasteiger partial charge in [-0.05, 0) is 30.7 Å². The smallest absolute Gasteiger partial charge is 0.340 e. The van der Waals surface area contributed by atoms with E-state index in [4.69, 9.17) is 16.3 Å². The van der Waals surface area contributed by atoms with Crippen molar-refractivity contribution in [2.24, 2.45) is 0 Å². The van der Waals surface area contributed by atoms with Crippen LogP contribution < -0.4 is 0 Å². The average molecular weight is 384 g/mol. The Morgan fingerprint density at radius 3 is 2.52 bits per heavy atom. The first-order valence-electron chi connectivity index (χ1n) is 7.04. The van der Waals surface area contributed by atoms with Crippen molar-refractivity contribution in [1.29, 1.82) is 0 Å². The van der Waals surface area contributed by atoms with Gasteiger partial charge < -0.3 is 4.74 Å². The fourth-order valence-electron chi connectivity index (χ4n) is 2.07. The first-order valence-corrected chi connectivity index (χ1v) is 9.31. The van der Waals surface area contributed by atoms with Gasteiger partial charge in [-0.3, -0.25) is 10.1 Å². The van der Waals surface area contributed by atoms with Gasteiger partial charge in [0.25, 0.3) is 5.69 Å². The summed E-state index contributed by atoms with van der Waals surface area (Å²) in [4.78, 5) is 22.5. The van der Waals surface area contributed by atoms with Crippen molar-refractivity contribution in [2.75, 3.05) is 6.26 Å². The number of nitrogens with zero attached hydrogens (tertiary/aromatic N) is 1. The van der Waals surface area contributed by atoms with E-state index in [0.29, 0.717) is 5.56 Å². The van der Waals surface area contributed by atoms with Crippen molar-refractivity contribution in [3.05, 3.63) is 68.7 Å². The minimum Gasteiger partial charge on any atom is -0.454 e. The largest absolute Gasteiger partial charge is 0.454 e. The molecule has 0 amide bonds. The second-order valence-electron chi connectivity index (χ2n) is 5.31. The number of sulfone groups is 1. The second-order valence-corrected chi connectivity index (χ2v) is 7.74. The fraction of sp³-hybridized carbons (Fsp3) is 0.188. The molecule has 0 aliphatic rings. The number of benzene rings is 2. The van der Waals surface area contributed by atoms with Crippen LogP contribution in [0.15, 0.2) is 47.4 Å². The molecule has 0 unspecified atom stereocenters. The van der Waals surface area contributed by atoms with Gasteiger partial charge in [-0.1, -0.05) is 23.7 Å². The minimum absolute atomic E-state index is 0.0450. The Morgan fingerprint density at radius 1 is 1.24 bits per heavy atom. The number of hydrogen-bond acceptors (Lipinski definition) is 6. The van der Waals surface area contributed by atoms with E-state index in [1.807, 2.05) is 0 Å². The van der Waals surface area contributed by atoms with Gasteiger partial charge in [0, 0.05) is 18.4 Å². The molecule has 0 radical (unpaired) electrons. The van der Waals surface area contributed by atoms with Crippen molar-refractivity contribution < 1.29 is 22.9 Å². The molecule has 0 bridgehead atoms. The van der Waals surface area contributed by atoms with E-state index in [1.54, 1.807) is 13.0 Å². The number of carbonyl (C=O) groups excluding carboxylic acids is 1. The summed E-state index contributed by atoms with van der Waals surface area (Å²) in [7, 11) is -3.51. The predicted octanol–water partition coefficient (Wildman–Crippen LogP) is 3.57. The molecule has 25 heavy (non-hydrogen) atoms. The highest BCUT2D eigenvalue weighted by Crippen LogP contribution is 2.26. The van der Waals surface area contributed by atoms with Crippen LogP contribution in [0.4, 0.5) is 5.69 Å². The fourth-order valence-corrected chi connectivity index (χ4v) is 2.92. The Kier molecular flexibility index (Phi) is 5.44. The SMILES string of the molecule is C[C@H](OC(=O)c1cc(S(C)(=O)=O)ccc1Cl)c1cccc([N+](=O)[O-])c1. The molecule has 0 fully saturated rings. The van der Waals surface area contributed by atoms with Crippen LogP contribution in [0.2, 0.25) is 5.02 Å². The molecule has 9 heteroatoms. The Morgan fingerprint density at radius 2 is 1.92 bits per heavy atom. The van der Waals surface area contributed by atoms with Gasteiger partial charge >= 0.3 is 5.97 Å². The van der Waals surface area contributed by atoms with Crippen molar-refractivity contribution in [2.45, 2.75) is 17.9 Å². The number of carbonyl (C=O) groups is 1. The molecule has 0 spiro atoms. The zero-order chi connectivity index (χ0) is 18.8. The molecule has 2 aromatic carbocycles. The van der Waals surface area contributed by atoms with E-state index in [2.05, 4.69) is 0 Å². The van der Waals surface area contributed by atoms with Gasteiger partial charge in [-0.15, -0.1) is 0 Å². The Hall–Kier alpha value is -2.45. The molecule has 7 nitrogen and oxygen atoms in total. The van der Waals surface area contributed by atoms with E-state index in [-0.39, 0.29) is 21.2 Å². The van der Waals surface area contributed by atoms with Crippen LogP contribution >= 0.6 is 11.6 Å². The summed E-state index contributed by atoms with van der Waals surface area (Å²) in [5.74, 6) is -0.825. The van der Waals surface area contributed by atoms with Crippen LogP contribution in [0, 0.1) is 10.1 Å². The van der Waals surface area contributed by atoms with Gasteiger partial charge in [0.1, 0.15) is 6.10 Å². The number of rotatable bonds is 5. The third kappa shape index (κ3) is 4.55. The van der Waals surface area contributed by atoms with Crippen LogP contribution in [0.25, 0.3) is 0 Å². The Balaban J connectivity index is 2.28. The molecular formula is C16H14ClNO6S. The van der Waals surface area contributed by atoms with Crippen LogP contribution in [0.5, 0.6) is 0 Å². The second kappa shape index (κ2) is 7.20. The summed E-state index contributed by atoms with van der Waals surface area (Å²) in [6, 6.07) is 9.41. The average Bonchev–Trinajstić information content (AvgIpc) is 2.54. The monoisotopic (exact) mass is 383 g/mol. The number of hydrogen-bond donors (Lipinski definition) is 0. The van der Waals surface area contributed by atoms with E-state index in [1.165, 1.54) is 30.3 Å². The maximum atomic E-state index is 12.3. The maximum absolute atomic E-state index is 12.3. The first kappa shape index (κ1) is 18.9. The first-order chi connectivity index (χ1) is 11.6. The van der Waals surface area contributed by atoms with E-state index in [0.717, 1.165) is 12.3 Å². The third-order valence-electron chi connectivity index (χ3n) is 3.42. The predicted molar refractivity (Wildman–Crippen MR) is 91.5 cm³/mol. The third-order valence-corrected chi connectivity index (χ3v) is 4.86. The van der Waals surface area contributed by atoms with Crippen molar-refractivity contribution in [3.63, 3.8) is 0 Å². The molecule has 2 rings (SSSR count). The van der Waals surface area contributed by atoms with Gasteiger partial charge in [0.15, 0.2) is 9.84 Å². The molecular weight excluding hydrogens is 370 g/mol. The Labute approximate surface area is 149 Å². The zero-order valence-electron chi connectivity index (χ0n) is 13.3. The molecule has 132 valence electrons. The molecule has 0 aliphatic carbocycles. The van der Waals surface area contributed by atoms with Crippen molar-refractivity contribution in [1.82, 2.24) is 0 Å². The van der Waals surface area contributed by atoms with E-state index in [9.17, 15) is 23.3 Å². The van der Waals surface area contributed by atoms with Crippen LogP contribution in [-0.4, -0.2) is 25.6 Å². The zero-order valence-corrected chi connectivity index (χ0v) is 14.9. The highest BCUT2D eigenvalue weighted by Gasteiger charge is 2.20. The lowest BCUT2D eigenvalue weighted by Gasteiger charge is -2.14. The van der Waals surface area contributed by atoms with Crippen LogP contribution in [0.1, 0.15) is 28.9 Å². The maximum Gasteiger partial charge on any atom is 0.340 e. The highest BCUT2D eigenvalue weighted by atomic mass is 35.5. The number of halogens is 1. The number of non-ortho nitro benzene ring substituents is 1. The summed E-state index contributed by atoms with van der Waals surface area (Å²) in [6.07, 6.45) is 0.224. The summed E-state index contributed by atoms with van der Waals surface area (Å²) in [6.45, 7) is 1.55. The summed E-state index contributed by atoms with van der Waals surface area (Å²) in [5, 5.41) is 10.9. The number of esters is 1. The van der Waals surface area contributed by atoms with Crippen LogP contribution in [-0.2, 0) is 14.6 Å². The van der Waals surface area contributed by atoms with Crippen molar-refractivity contribution in [3.8, 4) is 0 Å². The normalized spacial score (nSPS) is 12.4. The van der Waals surface area contributed by atoms with E-state index >= 15 is 0 Å². The molecule has 0 aromatic heterocycles. The molecule has 2 aromatic rings.